The number of carbonyl (C=O) groups excluding carboxylic acids is 1. The molecule has 0 fully saturated rings. The predicted molar refractivity (Wildman–Crippen MR) is 113 cm³/mol. The van der Waals surface area contributed by atoms with E-state index in [1.54, 1.807) is 23.1 Å². The van der Waals surface area contributed by atoms with Crippen LogP contribution in [0.15, 0.2) is 35.3 Å². The first-order valence-electron chi connectivity index (χ1n) is 8.66. The fourth-order valence-corrected chi connectivity index (χ4v) is 4.33. The van der Waals surface area contributed by atoms with Crippen molar-refractivity contribution < 1.29 is 4.79 Å². The summed E-state index contributed by atoms with van der Waals surface area (Å²) < 4.78 is 3.36. The average molecular weight is 385 g/mol. The van der Waals surface area contributed by atoms with Crippen molar-refractivity contribution in [2.75, 3.05) is 12.0 Å². The number of rotatable bonds is 4. The number of nitrogens with zero attached hydrogens (tertiary/aromatic N) is 2. The molecule has 0 aliphatic heterocycles. The minimum atomic E-state index is -0.175. The molecule has 0 unspecified atom stereocenters. The Balaban J connectivity index is 2.13. The van der Waals surface area contributed by atoms with Crippen molar-refractivity contribution in [1.29, 1.82) is 0 Å². The molecule has 0 saturated heterocycles. The number of hydrogen-bond donors (Lipinski definition) is 0. The van der Waals surface area contributed by atoms with E-state index in [9.17, 15) is 4.79 Å². The van der Waals surface area contributed by atoms with Crippen LogP contribution in [0.25, 0.3) is 10.2 Å². The van der Waals surface area contributed by atoms with E-state index in [4.69, 9.17) is 0 Å². The Labute approximate surface area is 162 Å². The topological polar surface area (TPSA) is 34.4 Å². The highest BCUT2D eigenvalue weighted by Crippen LogP contribution is 2.22. The lowest BCUT2D eigenvalue weighted by atomic mass is 10.1. The van der Waals surface area contributed by atoms with E-state index < -0.39 is 0 Å². The van der Waals surface area contributed by atoms with Gasteiger partial charge in [0.1, 0.15) is 0 Å². The van der Waals surface area contributed by atoms with Gasteiger partial charge in [0.05, 0.1) is 10.2 Å². The third-order valence-electron chi connectivity index (χ3n) is 4.77. The lowest BCUT2D eigenvalue weighted by Crippen LogP contribution is -2.18. The SMILES string of the molecule is CSCCn1c(=NC(=O)c2ccc(C)c(C)c2)sc2cc(C)c(C)cc21. The van der Waals surface area contributed by atoms with Crippen LogP contribution in [0.1, 0.15) is 32.6 Å². The Kier molecular flexibility index (Phi) is 5.68. The maximum atomic E-state index is 12.7. The summed E-state index contributed by atoms with van der Waals surface area (Å²) >= 11 is 3.39. The molecule has 3 rings (SSSR count). The largest absolute Gasteiger partial charge is 0.315 e. The highest BCUT2D eigenvalue weighted by molar-refractivity contribution is 7.98. The third-order valence-corrected chi connectivity index (χ3v) is 6.40. The lowest BCUT2D eigenvalue weighted by Gasteiger charge is -2.06. The van der Waals surface area contributed by atoms with Crippen LogP contribution in [0.3, 0.4) is 0 Å². The Hall–Kier alpha value is -1.85. The number of hydrogen-bond acceptors (Lipinski definition) is 3. The van der Waals surface area contributed by atoms with Crippen LogP contribution in [0, 0.1) is 27.7 Å². The molecule has 0 aliphatic rings. The molecule has 136 valence electrons. The number of carbonyl (C=O) groups is 1. The average Bonchev–Trinajstić information content (AvgIpc) is 2.92. The van der Waals surface area contributed by atoms with E-state index in [1.165, 1.54) is 26.9 Å². The van der Waals surface area contributed by atoms with Crippen molar-refractivity contribution in [3.63, 3.8) is 0 Å². The van der Waals surface area contributed by atoms with Crippen LogP contribution in [0.2, 0.25) is 0 Å². The Morgan fingerprint density at radius 1 is 1.04 bits per heavy atom. The first-order valence-corrected chi connectivity index (χ1v) is 10.9. The van der Waals surface area contributed by atoms with E-state index in [1.807, 2.05) is 32.0 Å². The maximum Gasteiger partial charge on any atom is 0.279 e. The van der Waals surface area contributed by atoms with E-state index in [-0.39, 0.29) is 5.91 Å². The zero-order valence-electron chi connectivity index (χ0n) is 15.9. The molecule has 0 atom stereocenters. The summed E-state index contributed by atoms with van der Waals surface area (Å²) in [5, 5.41) is 0. The summed E-state index contributed by atoms with van der Waals surface area (Å²) in [5.74, 6) is 0.815. The smallest absolute Gasteiger partial charge is 0.279 e. The van der Waals surface area contributed by atoms with Crippen LogP contribution in [0.4, 0.5) is 0 Å². The van der Waals surface area contributed by atoms with Crippen LogP contribution >= 0.6 is 23.1 Å². The van der Waals surface area contributed by atoms with Crippen molar-refractivity contribution >= 4 is 39.2 Å². The van der Waals surface area contributed by atoms with Gasteiger partial charge in [0.25, 0.3) is 5.91 Å². The van der Waals surface area contributed by atoms with Gasteiger partial charge in [0.15, 0.2) is 4.80 Å². The van der Waals surface area contributed by atoms with Gasteiger partial charge in [-0.15, -0.1) is 0 Å². The number of aromatic nitrogens is 1. The monoisotopic (exact) mass is 384 g/mol. The van der Waals surface area contributed by atoms with Crippen LogP contribution < -0.4 is 4.80 Å². The molecule has 0 radical (unpaired) electrons. The second-order valence-corrected chi connectivity index (χ2v) is 8.64. The quantitative estimate of drug-likeness (QED) is 0.631. The Morgan fingerprint density at radius 2 is 1.73 bits per heavy atom. The summed E-state index contributed by atoms with van der Waals surface area (Å²) in [6, 6.07) is 10.2. The highest BCUT2D eigenvalue weighted by atomic mass is 32.2. The summed E-state index contributed by atoms with van der Waals surface area (Å²) in [5.41, 5.74) is 6.64. The number of aryl methyl sites for hydroxylation is 5. The van der Waals surface area contributed by atoms with Gasteiger partial charge >= 0.3 is 0 Å². The molecular weight excluding hydrogens is 360 g/mol. The molecule has 1 heterocycles. The molecule has 1 aromatic heterocycles. The number of fused-ring (bicyclic) bond motifs is 1. The maximum absolute atomic E-state index is 12.7. The van der Waals surface area contributed by atoms with Crippen molar-refractivity contribution in [2.45, 2.75) is 34.2 Å². The molecule has 3 aromatic rings. The second-order valence-electron chi connectivity index (χ2n) is 6.65. The van der Waals surface area contributed by atoms with E-state index in [0.717, 1.165) is 22.7 Å². The molecule has 5 heteroatoms. The zero-order chi connectivity index (χ0) is 18.8. The Morgan fingerprint density at radius 3 is 2.42 bits per heavy atom. The minimum absolute atomic E-state index is 0.175. The first-order chi connectivity index (χ1) is 12.4. The fourth-order valence-electron chi connectivity index (χ4n) is 2.83. The second kappa shape index (κ2) is 7.80. The van der Waals surface area contributed by atoms with Gasteiger partial charge in [0, 0.05) is 17.9 Å². The number of thioether (sulfide) groups is 1. The van der Waals surface area contributed by atoms with Gasteiger partial charge < -0.3 is 4.57 Å². The zero-order valence-corrected chi connectivity index (χ0v) is 17.6. The molecule has 2 aromatic carbocycles. The minimum Gasteiger partial charge on any atom is -0.315 e. The number of benzene rings is 2. The fraction of sp³-hybridized carbons (Fsp3) is 0.333. The van der Waals surface area contributed by atoms with Gasteiger partial charge in [-0.05, 0) is 80.5 Å². The van der Waals surface area contributed by atoms with E-state index in [0.29, 0.717) is 5.56 Å². The molecule has 0 N–H and O–H groups in total. The van der Waals surface area contributed by atoms with Crippen LogP contribution in [-0.2, 0) is 6.54 Å². The predicted octanol–water partition coefficient (Wildman–Crippen LogP) is 5.04. The van der Waals surface area contributed by atoms with Crippen molar-refractivity contribution in [3.05, 3.63) is 63.0 Å². The molecular formula is C21H24N2OS2. The van der Waals surface area contributed by atoms with Crippen molar-refractivity contribution in [1.82, 2.24) is 4.57 Å². The normalized spacial score (nSPS) is 12.1. The molecule has 0 saturated carbocycles. The van der Waals surface area contributed by atoms with Crippen LogP contribution in [0.5, 0.6) is 0 Å². The summed E-state index contributed by atoms with van der Waals surface area (Å²) in [4.78, 5) is 18.0. The lowest BCUT2D eigenvalue weighted by molar-refractivity contribution is 0.0998. The van der Waals surface area contributed by atoms with E-state index in [2.05, 4.69) is 41.8 Å². The Bertz CT molecular complexity index is 1040. The molecule has 3 nitrogen and oxygen atoms in total. The van der Waals surface area contributed by atoms with Crippen molar-refractivity contribution in [2.24, 2.45) is 4.99 Å². The van der Waals surface area contributed by atoms with Crippen LogP contribution in [-0.4, -0.2) is 22.5 Å². The molecule has 0 spiro atoms. The van der Waals surface area contributed by atoms with Gasteiger partial charge in [-0.3, -0.25) is 4.79 Å². The van der Waals surface area contributed by atoms with E-state index >= 15 is 0 Å². The summed E-state index contributed by atoms with van der Waals surface area (Å²) in [6.07, 6.45) is 2.10. The first kappa shape index (κ1) is 18.9. The molecule has 0 bridgehead atoms. The van der Waals surface area contributed by atoms with Gasteiger partial charge in [-0.2, -0.15) is 16.8 Å². The van der Waals surface area contributed by atoms with Gasteiger partial charge in [-0.1, -0.05) is 17.4 Å². The standard InChI is InChI=1S/C21H24N2OS2/c1-13-6-7-17(10-14(13)2)20(24)22-21-23(8-9-25-5)18-11-15(3)16(4)12-19(18)26-21/h6-7,10-12H,8-9H2,1-5H3. The number of amides is 1. The molecule has 1 amide bonds. The van der Waals surface area contributed by atoms with Gasteiger partial charge in [0.2, 0.25) is 0 Å². The molecule has 0 aliphatic carbocycles. The van der Waals surface area contributed by atoms with Gasteiger partial charge in [-0.25, -0.2) is 0 Å². The molecule has 26 heavy (non-hydrogen) atoms. The number of thiazole rings is 1. The highest BCUT2D eigenvalue weighted by Gasteiger charge is 2.11. The summed E-state index contributed by atoms with van der Waals surface area (Å²) in [7, 11) is 0. The summed E-state index contributed by atoms with van der Waals surface area (Å²) in [6.45, 7) is 9.17. The van der Waals surface area contributed by atoms with Crippen molar-refractivity contribution in [3.8, 4) is 0 Å². The third kappa shape index (κ3) is 3.79.